The first-order valence-corrected chi connectivity index (χ1v) is 5.72. The molecule has 1 atom stereocenters. The largest absolute Gasteiger partial charge is 0.398 e. The first-order chi connectivity index (χ1) is 8.06. The van der Waals surface area contributed by atoms with Crippen LogP contribution < -0.4 is 5.73 Å². The Balaban J connectivity index is 2.74. The molecule has 17 heavy (non-hydrogen) atoms. The fourth-order valence-corrected chi connectivity index (χ4v) is 1.69. The van der Waals surface area contributed by atoms with Gasteiger partial charge >= 0.3 is 0 Å². The van der Waals surface area contributed by atoms with Crippen molar-refractivity contribution in [2.75, 3.05) is 18.8 Å². The van der Waals surface area contributed by atoms with Gasteiger partial charge in [0.25, 0.3) is 0 Å². The molecule has 0 fully saturated rings. The van der Waals surface area contributed by atoms with Crippen molar-refractivity contribution < 1.29 is 4.39 Å². The minimum atomic E-state index is -0.279. The van der Waals surface area contributed by atoms with Crippen LogP contribution in [0.5, 0.6) is 0 Å². The molecular weight excluding hydrogens is 217 g/mol. The molecule has 1 aromatic carbocycles. The Morgan fingerprint density at radius 3 is 2.82 bits per heavy atom. The van der Waals surface area contributed by atoms with Crippen LogP contribution in [-0.4, -0.2) is 18.0 Å². The molecular formula is C13H18FN3. The summed E-state index contributed by atoms with van der Waals surface area (Å²) < 4.78 is 13.1. The molecule has 0 aromatic heterocycles. The van der Waals surface area contributed by atoms with Crippen LogP contribution in [0.2, 0.25) is 0 Å². The van der Waals surface area contributed by atoms with Gasteiger partial charge in [0.1, 0.15) is 5.82 Å². The highest BCUT2D eigenvalue weighted by molar-refractivity contribution is 5.46. The minimum Gasteiger partial charge on any atom is -0.398 e. The molecule has 1 unspecified atom stereocenters. The van der Waals surface area contributed by atoms with E-state index in [1.165, 1.54) is 12.1 Å². The summed E-state index contributed by atoms with van der Waals surface area (Å²) in [4.78, 5) is 2.08. The molecule has 0 radical (unpaired) electrons. The Hall–Kier alpha value is -1.60. The maximum absolute atomic E-state index is 13.1. The first kappa shape index (κ1) is 13.5. The van der Waals surface area contributed by atoms with E-state index in [0.29, 0.717) is 18.8 Å². The first-order valence-electron chi connectivity index (χ1n) is 5.72. The molecule has 0 bridgehead atoms. The van der Waals surface area contributed by atoms with Crippen molar-refractivity contribution in [2.45, 2.75) is 20.4 Å². The lowest BCUT2D eigenvalue weighted by Gasteiger charge is -2.22. The number of nitrogens with two attached hydrogens (primary N) is 1. The molecule has 2 N–H and O–H groups in total. The number of anilines is 1. The fourth-order valence-electron chi connectivity index (χ4n) is 1.69. The van der Waals surface area contributed by atoms with Gasteiger partial charge in [-0.1, -0.05) is 6.92 Å². The fraction of sp³-hybridized carbons (Fsp3) is 0.462. The number of nitrogens with zero attached hydrogens (tertiary/aromatic N) is 2. The van der Waals surface area contributed by atoms with Crippen molar-refractivity contribution in [1.82, 2.24) is 4.90 Å². The summed E-state index contributed by atoms with van der Waals surface area (Å²) in [5.41, 5.74) is 7.16. The quantitative estimate of drug-likeness (QED) is 0.797. The summed E-state index contributed by atoms with van der Waals surface area (Å²) in [6, 6.07) is 6.58. The highest BCUT2D eigenvalue weighted by Gasteiger charge is 2.10. The molecule has 0 heterocycles. The van der Waals surface area contributed by atoms with Crippen LogP contribution in [0.3, 0.4) is 0 Å². The van der Waals surface area contributed by atoms with Gasteiger partial charge in [-0.15, -0.1) is 0 Å². The van der Waals surface area contributed by atoms with Crippen molar-refractivity contribution in [2.24, 2.45) is 5.92 Å². The zero-order valence-electron chi connectivity index (χ0n) is 10.3. The second-order valence-electron chi connectivity index (χ2n) is 4.20. The summed E-state index contributed by atoms with van der Waals surface area (Å²) in [5.74, 6) is -0.316. The third-order valence-corrected chi connectivity index (χ3v) is 2.70. The van der Waals surface area contributed by atoms with E-state index in [1.807, 2.05) is 13.8 Å². The molecule has 0 saturated carbocycles. The van der Waals surface area contributed by atoms with Gasteiger partial charge in [-0.2, -0.15) is 5.26 Å². The van der Waals surface area contributed by atoms with Crippen LogP contribution in [-0.2, 0) is 6.54 Å². The van der Waals surface area contributed by atoms with Crippen LogP contribution in [0.15, 0.2) is 18.2 Å². The highest BCUT2D eigenvalue weighted by Crippen LogP contribution is 2.16. The van der Waals surface area contributed by atoms with Crippen LogP contribution in [0.4, 0.5) is 10.1 Å². The van der Waals surface area contributed by atoms with E-state index in [-0.39, 0.29) is 11.7 Å². The summed E-state index contributed by atoms with van der Waals surface area (Å²) in [7, 11) is 0. The third-order valence-electron chi connectivity index (χ3n) is 2.70. The van der Waals surface area contributed by atoms with Gasteiger partial charge in [0.2, 0.25) is 0 Å². The van der Waals surface area contributed by atoms with Crippen LogP contribution in [0.1, 0.15) is 19.4 Å². The number of nitrogen functional groups attached to an aromatic ring is 1. The second kappa shape index (κ2) is 6.21. The van der Waals surface area contributed by atoms with Gasteiger partial charge < -0.3 is 5.73 Å². The van der Waals surface area contributed by atoms with E-state index in [0.717, 1.165) is 12.1 Å². The number of nitriles is 1. The van der Waals surface area contributed by atoms with Crippen LogP contribution in [0, 0.1) is 23.1 Å². The molecule has 4 heteroatoms. The van der Waals surface area contributed by atoms with Crippen molar-refractivity contribution >= 4 is 5.69 Å². The maximum atomic E-state index is 13.1. The van der Waals surface area contributed by atoms with Gasteiger partial charge in [0.15, 0.2) is 0 Å². The number of hydrogen-bond acceptors (Lipinski definition) is 3. The van der Waals surface area contributed by atoms with Crippen molar-refractivity contribution in [3.8, 4) is 6.07 Å². The lowest BCUT2D eigenvalue weighted by molar-refractivity contribution is 0.260. The summed E-state index contributed by atoms with van der Waals surface area (Å²) in [6.07, 6.45) is 0. The van der Waals surface area contributed by atoms with Crippen molar-refractivity contribution in [3.63, 3.8) is 0 Å². The Morgan fingerprint density at radius 1 is 1.53 bits per heavy atom. The average molecular weight is 235 g/mol. The minimum absolute atomic E-state index is 0.0373. The average Bonchev–Trinajstić information content (AvgIpc) is 2.32. The summed E-state index contributed by atoms with van der Waals surface area (Å²) in [5, 5.41) is 8.78. The van der Waals surface area contributed by atoms with Gasteiger partial charge in [0.05, 0.1) is 12.0 Å². The lowest BCUT2D eigenvalue weighted by atomic mass is 10.1. The third kappa shape index (κ3) is 4.04. The second-order valence-corrected chi connectivity index (χ2v) is 4.20. The molecule has 1 aromatic rings. The van der Waals surface area contributed by atoms with Crippen molar-refractivity contribution in [1.29, 1.82) is 5.26 Å². The SMILES string of the molecule is CCN(Cc1cc(F)ccc1N)CC(C)C#N. The molecule has 0 aliphatic carbocycles. The van der Waals surface area contributed by atoms with E-state index < -0.39 is 0 Å². The lowest BCUT2D eigenvalue weighted by Crippen LogP contribution is -2.28. The smallest absolute Gasteiger partial charge is 0.123 e. The predicted molar refractivity (Wildman–Crippen MR) is 66.5 cm³/mol. The Kier molecular flexibility index (Phi) is 4.92. The van der Waals surface area contributed by atoms with Crippen LogP contribution in [0.25, 0.3) is 0 Å². The van der Waals surface area contributed by atoms with Gasteiger partial charge in [-0.3, -0.25) is 4.90 Å². The van der Waals surface area contributed by atoms with E-state index in [9.17, 15) is 4.39 Å². The zero-order valence-corrected chi connectivity index (χ0v) is 10.3. The van der Waals surface area contributed by atoms with E-state index in [2.05, 4.69) is 11.0 Å². The predicted octanol–water partition coefficient (Wildman–Crippen LogP) is 2.39. The molecule has 3 nitrogen and oxygen atoms in total. The van der Waals surface area contributed by atoms with Crippen LogP contribution >= 0.6 is 0 Å². The molecule has 0 spiro atoms. The molecule has 92 valence electrons. The Labute approximate surface area is 102 Å². The summed E-state index contributed by atoms with van der Waals surface area (Å²) in [6.45, 7) is 5.94. The van der Waals surface area contributed by atoms with E-state index in [4.69, 9.17) is 11.0 Å². The topological polar surface area (TPSA) is 53.0 Å². The molecule has 0 aliphatic rings. The zero-order chi connectivity index (χ0) is 12.8. The van der Waals surface area contributed by atoms with Gasteiger partial charge in [-0.05, 0) is 37.2 Å². The monoisotopic (exact) mass is 235 g/mol. The number of benzene rings is 1. The Morgan fingerprint density at radius 2 is 2.24 bits per heavy atom. The van der Waals surface area contributed by atoms with Crippen molar-refractivity contribution in [3.05, 3.63) is 29.6 Å². The van der Waals surface area contributed by atoms with Gasteiger partial charge in [0, 0.05) is 18.8 Å². The van der Waals surface area contributed by atoms with E-state index in [1.54, 1.807) is 6.07 Å². The molecule has 0 aliphatic heterocycles. The standard InChI is InChI=1S/C13H18FN3/c1-3-17(8-10(2)7-15)9-11-6-12(14)4-5-13(11)16/h4-6,10H,3,8-9,16H2,1-2H3. The Bertz CT molecular complexity index is 412. The molecule has 0 amide bonds. The number of hydrogen-bond donors (Lipinski definition) is 1. The molecule has 0 saturated heterocycles. The van der Waals surface area contributed by atoms with Gasteiger partial charge in [-0.25, -0.2) is 4.39 Å². The number of rotatable bonds is 5. The normalized spacial score (nSPS) is 12.4. The molecule has 1 rings (SSSR count). The maximum Gasteiger partial charge on any atom is 0.123 e. The highest BCUT2D eigenvalue weighted by atomic mass is 19.1. The summed E-state index contributed by atoms with van der Waals surface area (Å²) >= 11 is 0. The van der Waals surface area contributed by atoms with E-state index >= 15 is 0 Å². The number of halogens is 1.